The number of hydrogen-bond acceptors (Lipinski definition) is 10. The molecule has 5 rings (SSSR count). The molecule has 0 radical (unpaired) electrons. The first-order chi connectivity index (χ1) is 20.1. The number of phenolic OH excluding ortho intramolecular Hbond substituents is 1. The van der Waals surface area contributed by atoms with Crippen molar-refractivity contribution in [3.8, 4) is 16.9 Å². The molecule has 0 aromatic heterocycles. The first-order valence-corrected chi connectivity index (χ1v) is 15.2. The lowest BCUT2D eigenvalue weighted by Gasteiger charge is -2.17. The summed E-state index contributed by atoms with van der Waals surface area (Å²) >= 11 is 0. The van der Waals surface area contributed by atoms with E-state index in [9.17, 15) is 40.6 Å². The molecule has 5 N–H and O–H groups in total. The molecule has 43 heavy (non-hydrogen) atoms. The lowest BCUT2D eigenvalue weighted by Crippen LogP contribution is -2.30. The zero-order valence-electron chi connectivity index (χ0n) is 22.4. The number of carbonyl (C=O) groups excluding carboxylic acids is 2. The first kappa shape index (κ1) is 29.5. The van der Waals surface area contributed by atoms with Gasteiger partial charge in [-0.25, -0.2) is 4.90 Å². The average molecular weight is 623 g/mol. The molecule has 0 unspecified atom stereocenters. The van der Waals surface area contributed by atoms with Gasteiger partial charge in [-0.05, 0) is 72.5 Å². The summed E-state index contributed by atoms with van der Waals surface area (Å²) in [6, 6.07) is 13.4. The number of fused-ring (bicyclic) bond motifs is 1. The monoisotopic (exact) mass is 622 g/mol. The van der Waals surface area contributed by atoms with Crippen LogP contribution in [0.15, 0.2) is 86.8 Å². The van der Waals surface area contributed by atoms with Crippen molar-refractivity contribution in [3.05, 3.63) is 77.9 Å². The highest BCUT2D eigenvalue weighted by molar-refractivity contribution is 7.87. The van der Waals surface area contributed by atoms with Crippen LogP contribution >= 0.6 is 0 Å². The Morgan fingerprint density at radius 2 is 1.26 bits per heavy atom. The van der Waals surface area contributed by atoms with E-state index >= 15 is 0 Å². The minimum atomic E-state index is -5.04. The fraction of sp³-hybridized carbons (Fsp3) is 0.0714. The number of nitrogen functional groups attached to an aromatic ring is 1. The third kappa shape index (κ3) is 5.37. The number of aryl methyl sites for hydroxylation is 2. The van der Waals surface area contributed by atoms with Gasteiger partial charge < -0.3 is 10.8 Å². The van der Waals surface area contributed by atoms with Crippen molar-refractivity contribution in [2.24, 2.45) is 10.2 Å². The lowest BCUT2D eigenvalue weighted by atomic mass is 9.99. The molecule has 220 valence electrons. The number of aromatic hydroxyl groups is 1. The van der Waals surface area contributed by atoms with Gasteiger partial charge in [0.2, 0.25) is 0 Å². The third-order valence-corrected chi connectivity index (χ3v) is 8.60. The van der Waals surface area contributed by atoms with Gasteiger partial charge in [0, 0.05) is 17.5 Å². The van der Waals surface area contributed by atoms with Gasteiger partial charge in [-0.15, -0.1) is 5.11 Å². The fourth-order valence-corrected chi connectivity index (χ4v) is 6.18. The highest BCUT2D eigenvalue weighted by Crippen LogP contribution is 2.44. The number of phenols is 1. The number of rotatable bonds is 6. The van der Waals surface area contributed by atoms with E-state index in [2.05, 4.69) is 10.2 Å². The second-order valence-corrected chi connectivity index (χ2v) is 12.4. The van der Waals surface area contributed by atoms with Gasteiger partial charge in [0.05, 0.1) is 22.4 Å². The molecule has 0 atom stereocenters. The number of amides is 2. The number of azo groups is 1. The van der Waals surface area contributed by atoms with Crippen molar-refractivity contribution in [2.75, 3.05) is 10.6 Å². The van der Waals surface area contributed by atoms with Gasteiger partial charge in [0.15, 0.2) is 5.75 Å². The minimum Gasteiger partial charge on any atom is -0.505 e. The molecule has 1 aliphatic heterocycles. The van der Waals surface area contributed by atoms with Gasteiger partial charge in [0.25, 0.3) is 32.1 Å². The second kappa shape index (κ2) is 10.4. The van der Waals surface area contributed by atoms with Crippen LogP contribution in [0.5, 0.6) is 5.75 Å². The van der Waals surface area contributed by atoms with Crippen LogP contribution in [-0.2, 0) is 29.8 Å². The molecule has 0 fully saturated rings. The Hall–Kier alpha value is -4.96. The molecular formula is C28H22N4O9S2. The Labute approximate surface area is 245 Å². The van der Waals surface area contributed by atoms with Gasteiger partial charge >= 0.3 is 0 Å². The van der Waals surface area contributed by atoms with Gasteiger partial charge in [-0.1, -0.05) is 18.2 Å². The quantitative estimate of drug-likeness (QED) is 0.100. The normalized spacial score (nSPS) is 14.0. The highest BCUT2D eigenvalue weighted by atomic mass is 32.2. The van der Waals surface area contributed by atoms with E-state index < -0.39 is 58.7 Å². The topological polar surface area (TPSA) is 217 Å². The van der Waals surface area contributed by atoms with E-state index in [1.54, 1.807) is 38.1 Å². The molecule has 0 bridgehead atoms. The fourth-order valence-electron chi connectivity index (χ4n) is 4.74. The van der Waals surface area contributed by atoms with E-state index in [4.69, 9.17) is 5.73 Å². The molecule has 1 aliphatic rings. The number of benzene rings is 4. The third-order valence-electron chi connectivity index (χ3n) is 6.82. The van der Waals surface area contributed by atoms with Crippen molar-refractivity contribution in [2.45, 2.75) is 23.6 Å². The SMILES string of the molecule is Cc1cc(-c2ccc(N3C(=O)C=CC3=O)c(C)c2)ccc1N=Nc1ccc2c(S(=O)(=O)O)cc(S(=O)(=O)O)c(N)c2c1O. The molecule has 2 amide bonds. The summed E-state index contributed by atoms with van der Waals surface area (Å²) in [5, 5.41) is 18.3. The molecule has 4 aromatic rings. The van der Waals surface area contributed by atoms with Crippen LogP contribution < -0.4 is 10.6 Å². The van der Waals surface area contributed by atoms with Crippen molar-refractivity contribution in [1.82, 2.24) is 0 Å². The van der Waals surface area contributed by atoms with Gasteiger partial charge in [0.1, 0.15) is 15.5 Å². The van der Waals surface area contributed by atoms with Crippen LogP contribution in [-0.4, -0.2) is 42.9 Å². The summed E-state index contributed by atoms with van der Waals surface area (Å²) < 4.78 is 66.6. The predicted molar refractivity (Wildman–Crippen MR) is 157 cm³/mol. The number of nitrogens with zero attached hydrogens (tertiary/aromatic N) is 3. The Morgan fingerprint density at radius 3 is 1.81 bits per heavy atom. The Bertz CT molecular complexity index is 2160. The summed E-state index contributed by atoms with van der Waals surface area (Å²) in [6.45, 7) is 3.55. The maximum absolute atomic E-state index is 12.1. The smallest absolute Gasteiger partial charge is 0.296 e. The maximum atomic E-state index is 12.1. The van der Waals surface area contributed by atoms with Crippen LogP contribution in [0.25, 0.3) is 21.9 Å². The van der Waals surface area contributed by atoms with Crippen molar-refractivity contribution in [3.63, 3.8) is 0 Å². The van der Waals surface area contributed by atoms with E-state index in [1.165, 1.54) is 18.2 Å². The largest absolute Gasteiger partial charge is 0.505 e. The predicted octanol–water partition coefficient (Wildman–Crippen LogP) is 4.75. The Balaban J connectivity index is 1.50. The van der Waals surface area contributed by atoms with E-state index in [1.807, 2.05) is 12.1 Å². The van der Waals surface area contributed by atoms with E-state index in [-0.39, 0.29) is 11.1 Å². The standard InChI is InChI=1S/C28H22N4O9S2/c1-14-11-16(17-4-8-21(15(2)12-17)32-24(33)9-10-25(32)34)3-6-19(14)30-31-20-7-5-18-22(42(36,37)38)13-23(43(39,40)41)27(29)26(18)28(20)35/h3-13,35H,29H2,1-2H3,(H,36,37,38)(H,39,40,41). The van der Waals surface area contributed by atoms with Crippen molar-refractivity contribution in [1.29, 1.82) is 0 Å². The number of nitrogens with two attached hydrogens (primary N) is 1. The molecule has 0 spiro atoms. The number of anilines is 2. The van der Waals surface area contributed by atoms with Crippen LogP contribution in [0.2, 0.25) is 0 Å². The molecule has 1 heterocycles. The summed E-state index contributed by atoms with van der Waals surface area (Å²) in [5.41, 5.74) is 8.90. The van der Waals surface area contributed by atoms with Gasteiger partial charge in [-0.2, -0.15) is 21.9 Å². The van der Waals surface area contributed by atoms with E-state index in [0.717, 1.165) is 22.1 Å². The molecule has 0 saturated carbocycles. The van der Waals surface area contributed by atoms with Crippen LogP contribution in [0, 0.1) is 13.8 Å². The summed E-state index contributed by atoms with van der Waals surface area (Å²) in [7, 11) is -10.0. The zero-order chi connectivity index (χ0) is 31.4. The molecule has 4 aromatic carbocycles. The first-order valence-electron chi connectivity index (χ1n) is 12.3. The Kier molecular flexibility index (Phi) is 7.14. The van der Waals surface area contributed by atoms with Crippen LogP contribution in [0.1, 0.15) is 11.1 Å². The molecule has 0 aliphatic carbocycles. The lowest BCUT2D eigenvalue weighted by molar-refractivity contribution is -0.120. The van der Waals surface area contributed by atoms with Gasteiger partial charge in [-0.3, -0.25) is 18.7 Å². The van der Waals surface area contributed by atoms with Crippen molar-refractivity contribution >= 4 is 65.6 Å². The molecule has 0 saturated heterocycles. The molecule has 15 heteroatoms. The number of hydrogen-bond donors (Lipinski definition) is 4. The second-order valence-electron chi connectivity index (χ2n) is 9.64. The molecule has 13 nitrogen and oxygen atoms in total. The summed E-state index contributed by atoms with van der Waals surface area (Å²) in [6.07, 6.45) is 2.43. The maximum Gasteiger partial charge on any atom is 0.296 e. The zero-order valence-corrected chi connectivity index (χ0v) is 24.0. The summed E-state index contributed by atoms with van der Waals surface area (Å²) in [5.74, 6) is -1.56. The Morgan fingerprint density at radius 1 is 0.721 bits per heavy atom. The minimum absolute atomic E-state index is 0.205. The average Bonchev–Trinajstić information content (AvgIpc) is 3.24. The van der Waals surface area contributed by atoms with E-state index in [0.29, 0.717) is 28.6 Å². The van der Waals surface area contributed by atoms with Crippen LogP contribution in [0.4, 0.5) is 22.7 Å². The molecular weight excluding hydrogens is 600 g/mol. The van der Waals surface area contributed by atoms with Crippen molar-refractivity contribution < 1.29 is 40.6 Å². The van der Waals surface area contributed by atoms with Crippen LogP contribution in [0.3, 0.4) is 0 Å². The number of carbonyl (C=O) groups is 2. The number of imide groups is 1. The highest BCUT2D eigenvalue weighted by Gasteiger charge is 2.28. The summed E-state index contributed by atoms with van der Waals surface area (Å²) in [4.78, 5) is 23.3.